The van der Waals surface area contributed by atoms with Gasteiger partial charge in [-0.05, 0) is 30.5 Å². The van der Waals surface area contributed by atoms with Gasteiger partial charge in [-0.2, -0.15) is 4.98 Å². The summed E-state index contributed by atoms with van der Waals surface area (Å²) in [6, 6.07) is 7.34. The Balaban J connectivity index is 2.02. The molecule has 3 rings (SSSR count). The van der Waals surface area contributed by atoms with Crippen LogP contribution in [0.5, 0.6) is 0 Å². The minimum Gasteiger partial charge on any atom is -0.382 e. The number of rotatable bonds is 6. The molecule has 0 saturated heterocycles. The highest BCUT2D eigenvalue weighted by molar-refractivity contribution is 7.92. The normalized spacial score (nSPS) is 13.8. The molecule has 0 aliphatic rings. The van der Waals surface area contributed by atoms with Gasteiger partial charge in [0.05, 0.1) is 0 Å². The molecule has 3 aromatic rings. The minimum atomic E-state index is -3.15. The minimum absolute atomic E-state index is 0.0171. The van der Waals surface area contributed by atoms with Crippen molar-refractivity contribution in [3.05, 3.63) is 45.3 Å². The number of H-pyrrole nitrogens is 1. The smallest absolute Gasteiger partial charge is 0.327 e. The predicted octanol–water partition coefficient (Wildman–Crippen LogP) is 2.41. The van der Waals surface area contributed by atoms with Gasteiger partial charge < -0.3 is 10.7 Å². The lowest BCUT2D eigenvalue weighted by atomic mass is 10.1. The summed E-state index contributed by atoms with van der Waals surface area (Å²) in [6.45, 7) is 2.18. The number of imidazole rings is 1. The van der Waals surface area contributed by atoms with Crippen molar-refractivity contribution in [3.63, 3.8) is 0 Å². The van der Waals surface area contributed by atoms with E-state index in [4.69, 9.17) is 22.1 Å². The van der Waals surface area contributed by atoms with Gasteiger partial charge in [0.2, 0.25) is 5.16 Å². The Morgan fingerprint density at radius 2 is 2.00 bits per heavy atom. The standard InChI is InChI=1S/C16H19ClN6O2S/c1-2-9-26(19,25)15-21-13(18)12-14(22-15)23(16(24)20-12)8-7-10-3-5-11(17)6-4-10/h3-6,19H,2,7-9H2,1H3,(H,20,24)(H2,18,21,22). The van der Waals surface area contributed by atoms with Crippen LogP contribution in [0.2, 0.25) is 5.02 Å². The van der Waals surface area contributed by atoms with Gasteiger partial charge in [-0.3, -0.25) is 4.57 Å². The van der Waals surface area contributed by atoms with E-state index in [1.54, 1.807) is 12.1 Å². The number of nitrogens with zero attached hydrogens (tertiary/aromatic N) is 3. The molecule has 0 spiro atoms. The van der Waals surface area contributed by atoms with E-state index >= 15 is 0 Å². The van der Waals surface area contributed by atoms with E-state index in [9.17, 15) is 9.00 Å². The molecule has 2 aromatic heterocycles. The van der Waals surface area contributed by atoms with Crippen LogP contribution in [0.3, 0.4) is 0 Å². The summed E-state index contributed by atoms with van der Waals surface area (Å²) in [7, 11) is -3.15. The second-order valence-corrected chi connectivity index (χ2v) is 8.49. The monoisotopic (exact) mass is 394 g/mol. The Kier molecular flexibility index (Phi) is 5.01. The number of fused-ring (bicyclic) bond motifs is 1. The van der Waals surface area contributed by atoms with E-state index in [1.807, 2.05) is 19.1 Å². The van der Waals surface area contributed by atoms with Crippen molar-refractivity contribution >= 4 is 38.3 Å². The van der Waals surface area contributed by atoms with Crippen molar-refractivity contribution < 1.29 is 4.21 Å². The lowest BCUT2D eigenvalue weighted by Crippen LogP contribution is -2.19. The molecule has 1 unspecified atom stereocenters. The highest BCUT2D eigenvalue weighted by Crippen LogP contribution is 2.18. The largest absolute Gasteiger partial charge is 0.382 e. The maximum absolute atomic E-state index is 12.5. The number of nitrogens with one attached hydrogen (secondary N) is 2. The molecule has 0 radical (unpaired) electrons. The van der Waals surface area contributed by atoms with Crippen LogP contribution in [0.25, 0.3) is 11.2 Å². The lowest BCUT2D eigenvalue weighted by molar-refractivity contribution is 0.661. The van der Waals surface area contributed by atoms with Gasteiger partial charge in [-0.15, -0.1) is 0 Å². The summed E-state index contributed by atoms with van der Waals surface area (Å²) >= 11 is 5.88. The van der Waals surface area contributed by atoms with Crippen LogP contribution in [-0.2, 0) is 22.7 Å². The molecule has 0 bridgehead atoms. The number of aromatic amines is 1. The van der Waals surface area contributed by atoms with Crippen molar-refractivity contribution in [1.82, 2.24) is 19.5 Å². The zero-order valence-electron chi connectivity index (χ0n) is 14.2. The third kappa shape index (κ3) is 3.58. The molecular weight excluding hydrogens is 376 g/mol. The number of nitrogen functional groups attached to an aromatic ring is 1. The maximum Gasteiger partial charge on any atom is 0.327 e. The van der Waals surface area contributed by atoms with Gasteiger partial charge in [0.1, 0.15) is 15.2 Å². The molecule has 0 aliphatic carbocycles. The molecule has 8 nitrogen and oxygen atoms in total. The molecule has 26 heavy (non-hydrogen) atoms. The van der Waals surface area contributed by atoms with E-state index in [1.165, 1.54) is 4.57 Å². The summed E-state index contributed by atoms with van der Waals surface area (Å²) in [5, 5.41) is 0.507. The van der Waals surface area contributed by atoms with Crippen molar-refractivity contribution in [1.29, 1.82) is 4.78 Å². The van der Waals surface area contributed by atoms with E-state index in [0.29, 0.717) is 29.9 Å². The van der Waals surface area contributed by atoms with Gasteiger partial charge in [-0.1, -0.05) is 30.7 Å². The van der Waals surface area contributed by atoms with Crippen molar-refractivity contribution in [2.75, 3.05) is 11.5 Å². The number of aryl methyl sites for hydroxylation is 2. The van der Waals surface area contributed by atoms with Crippen LogP contribution in [0.1, 0.15) is 18.9 Å². The van der Waals surface area contributed by atoms with Crippen molar-refractivity contribution in [2.24, 2.45) is 0 Å². The first-order valence-corrected chi connectivity index (χ1v) is 10.2. The second-order valence-electron chi connectivity index (χ2n) is 5.93. The van der Waals surface area contributed by atoms with E-state index < -0.39 is 9.73 Å². The van der Waals surface area contributed by atoms with E-state index in [-0.39, 0.29) is 28.1 Å². The van der Waals surface area contributed by atoms with Crippen molar-refractivity contribution in [2.45, 2.75) is 31.5 Å². The van der Waals surface area contributed by atoms with Crippen LogP contribution < -0.4 is 11.4 Å². The Morgan fingerprint density at radius 1 is 1.31 bits per heavy atom. The summed E-state index contributed by atoms with van der Waals surface area (Å²) in [5.74, 6) is 0.153. The number of benzene rings is 1. The van der Waals surface area contributed by atoms with Gasteiger partial charge in [-0.25, -0.2) is 18.8 Å². The fourth-order valence-corrected chi connectivity index (χ4v) is 4.02. The zero-order valence-corrected chi connectivity index (χ0v) is 15.7. The first-order valence-electron chi connectivity index (χ1n) is 8.09. The maximum atomic E-state index is 12.5. The summed E-state index contributed by atoms with van der Waals surface area (Å²) in [5.41, 5.74) is 7.09. The summed E-state index contributed by atoms with van der Waals surface area (Å²) in [4.78, 5) is 23.1. The molecule has 138 valence electrons. The number of anilines is 1. The SMILES string of the molecule is CCCS(=N)(=O)c1nc(N)c2[nH]c(=O)n(CCc3ccc(Cl)cc3)c2n1. The third-order valence-electron chi connectivity index (χ3n) is 3.95. The molecule has 4 N–H and O–H groups in total. The Bertz CT molecular complexity index is 1100. The van der Waals surface area contributed by atoms with Crippen molar-refractivity contribution in [3.8, 4) is 0 Å². The quantitative estimate of drug-likeness (QED) is 0.552. The van der Waals surface area contributed by atoms with Crippen LogP contribution in [0.4, 0.5) is 5.82 Å². The highest BCUT2D eigenvalue weighted by atomic mass is 35.5. The molecule has 1 aromatic carbocycles. The lowest BCUT2D eigenvalue weighted by Gasteiger charge is -2.08. The zero-order chi connectivity index (χ0) is 18.9. The topological polar surface area (TPSA) is 131 Å². The second kappa shape index (κ2) is 7.08. The molecular formula is C16H19ClN6O2S. The Morgan fingerprint density at radius 3 is 2.65 bits per heavy atom. The van der Waals surface area contributed by atoms with Gasteiger partial charge in [0.15, 0.2) is 11.5 Å². The number of hydrogen-bond donors (Lipinski definition) is 3. The van der Waals surface area contributed by atoms with Crippen LogP contribution in [0.15, 0.2) is 34.2 Å². The molecule has 0 amide bonds. The summed E-state index contributed by atoms with van der Waals surface area (Å²) in [6.07, 6.45) is 1.13. The first kappa shape index (κ1) is 18.4. The number of nitrogens with two attached hydrogens (primary N) is 1. The number of hydrogen-bond acceptors (Lipinski definition) is 6. The Labute approximate surface area is 155 Å². The van der Waals surface area contributed by atoms with Crippen LogP contribution >= 0.6 is 11.6 Å². The van der Waals surface area contributed by atoms with Crippen LogP contribution in [0, 0.1) is 4.78 Å². The fourth-order valence-electron chi connectivity index (χ4n) is 2.66. The average Bonchev–Trinajstić information content (AvgIpc) is 2.90. The van der Waals surface area contributed by atoms with Crippen LogP contribution in [-0.4, -0.2) is 29.5 Å². The highest BCUT2D eigenvalue weighted by Gasteiger charge is 2.19. The molecule has 0 saturated carbocycles. The molecule has 0 fully saturated rings. The molecule has 1 atom stereocenters. The van der Waals surface area contributed by atoms with Gasteiger partial charge >= 0.3 is 5.69 Å². The number of aromatic nitrogens is 4. The average molecular weight is 395 g/mol. The Hall–Kier alpha value is -2.39. The summed E-state index contributed by atoms with van der Waals surface area (Å²) < 4.78 is 21.9. The van der Waals surface area contributed by atoms with Gasteiger partial charge in [0, 0.05) is 17.3 Å². The number of halogens is 1. The molecule has 2 heterocycles. The predicted molar refractivity (Wildman–Crippen MR) is 102 cm³/mol. The van der Waals surface area contributed by atoms with Gasteiger partial charge in [0.25, 0.3) is 0 Å². The van der Waals surface area contributed by atoms with E-state index in [0.717, 1.165) is 5.56 Å². The molecule has 0 aliphatic heterocycles. The third-order valence-corrected chi connectivity index (χ3v) is 5.96. The first-order chi connectivity index (χ1) is 12.3. The van der Waals surface area contributed by atoms with E-state index in [2.05, 4.69) is 15.0 Å². The fraction of sp³-hybridized carbons (Fsp3) is 0.312. The molecule has 10 heteroatoms.